The van der Waals surface area contributed by atoms with Crippen molar-refractivity contribution in [1.29, 1.82) is 0 Å². The maximum Gasteiger partial charge on any atom is 0.338 e. The molecule has 0 fully saturated rings. The summed E-state index contributed by atoms with van der Waals surface area (Å²) in [4.78, 5) is 33.2. The highest BCUT2D eigenvalue weighted by molar-refractivity contribution is 8.16. The van der Waals surface area contributed by atoms with Gasteiger partial charge in [0.15, 0.2) is 5.17 Å². The number of aliphatic imine (C=N–C) groups is 1. The van der Waals surface area contributed by atoms with E-state index in [0.717, 1.165) is 39.5 Å². The summed E-state index contributed by atoms with van der Waals surface area (Å²) in [6.07, 6.45) is 1.07. The average Bonchev–Trinajstić information content (AvgIpc) is 3.24. The van der Waals surface area contributed by atoms with Gasteiger partial charge in [-0.1, -0.05) is 72.8 Å². The second-order valence-corrected chi connectivity index (χ2v) is 10.2. The number of fused-ring (bicyclic) bond motifs is 1. The third-order valence-electron chi connectivity index (χ3n) is 6.51. The second-order valence-electron chi connectivity index (χ2n) is 9.37. The van der Waals surface area contributed by atoms with Gasteiger partial charge in [0.2, 0.25) is 5.91 Å². The molecule has 2 unspecified atom stereocenters. The maximum atomic E-state index is 13.6. The van der Waals surface area contributed by atoms with Crippen LogP contribution in [-0.4, -0.2) is 28.0 Å². The van der Waals surface area contributed by atoms with E-state index in [9.17, 15) is 9.59 Å². The molecule has 6 nitrogen and oxygen atoms in total. The minimum Gasteiger partial charge on any atom is -0.457 e. The third kappa shape index (κ3) is 5.57. The molecule has 0 spiro atoms. The van der Waals surface area contributed by atoms with Crippen LogP contribution < -0.4 is 5.32 Å². The Bertz CT molecular complexity index is 1250. The number of aryl methyl sites for hydroxylation is 2. The van der Waals surface area contributed by atoms with Crippen molar-refractivity contribution in [2.24, 2.45) is 4.99 Å². The number of benzene rings is 2. The lowest BCUT2D eigenvalue weighted by Gasteiger charge is -2.37. The van der Waals surface area contributed by atoms with Gasteiger partial charge in [0.05, 0.1) is 23.7 Å². The van der Waals surface area contributed by atoms with Gasteiger partial charge in [-0.3, -0.25) is 4.79 Å². The lowest BCUT2D eigenvalue weighted by atomic mass is 9.90. The number of hydrogen-bond donors (Lipinski definition) is 1. The van der Waals surface area contributed by atoms with Crippen LogP contribution in [0, 0.1) is 13.8 Å². The monoisotopic (exact) mass is 503 g/mol. The number of ether oxygens (including phenoxy) is 1. The standard InChI is InChI=1S/C29H33N3O3S/c1-6-20(4)30-25(33)15-23-17-36-29-31-21(5)26(28(34)35-16-22-10-8-7-9-11-22)27(32(23)29)24-13-12-18(2)14-19(24)3/h7-14,17,20,27H,6,15-16H2,1-5H3,(H,30,33). The van der Waals surface area contributed by atoms with Crippen LogP contribution >= 0.6 is 11.8 Å². The van der Waals surface area contributed by atoms with E-state index in [2.05, 4.69) is 37.4 Å². The quantitative estimate of drug-likeness (QED) is 0.452. The summed E-state index contributed by atoms with van der Waals surface area (Å²) in [6, 6.07) is 15.5. The van der Waals surface area contributed by atoms with Crippen molar-refractivity contribution in [2.45, 2.75) is 66.2 Å². The number of nitrogens with zero attached hydrogens (tertiary/aromatic N) is 2. The first kappa shape index (κ1) is 25.8. The number of nitrogens with one attached hydrogen (secondary N) is 1. The molecule has 0 saturated heterocycles. The molecule has 0 radical (unpaired) electrons. The number of amidine groups is 1. The highest BCUT2D eigenvalue weighted by Crippen LogP contribution is 2.45. The molecule has 0 bridgehead atoms. The SMILES string of the molecule is CCC(C)NC(=O)CC1=CSC2=NC(C)=C(C(=O)OCc3ccccc3)C(c3ccc(C)cc3C)N12. The number of hydrogen-bond acceptors (Lipinski definition) is 6. The van der Waals surface area contributed by atoms with Gasteiger partial charge in [0, 0.05) is 11.7 Å². The van der Waals surface area contributed by atoms with E-state index < -0.39 is 12.0 Å². The van der Waals surface area contributed by atoms with Crippen molar-refractivity contribution < 1.29 is 14.3 Å². The smallest absolute Gasteiger partial charge is 0.338 e. The van der Waals surface area contributed by atoms with Crippen molar-refractivity contribution in [1.82, 2.24) is 10.2 Å². The normalized spacial score (nSPS) is 17.8. The van der Waals surface area contributed by atoms with Crippen molar-refractivity contribution in [2.75, 3.05) is 0 Å². The first-order valence-electron chi connectivity index (χ1n) is 12.3. The molecule has 1 N–H and O–H groups in total. The summed E-state index contributed by atoms with van der Waals surface area (Å²) in [5.74, 6) is -0.444. The molecule has 188 valence electrons. The van der Waals surface area contributed by atoms with E-state index >= 15 is 0 Å². The molecule has 2 aromatic carbocycles. The molecule has 36 heavy (non-hydrogen) atoms. The van der Waals surface area contributed by atoms with Crippen LogP contribution in [-0.2, 0) is 20.9 Å². The Morgan fingerprint density at radius 3 is 2.58 bits per heavy atom. The summed E-state index contributed by atoms with van der Waals surface area (Å²) in [5.41, 5.74) is 6.09. The van der Waals surface area contributed by atoms with Crippen LogP contribution in [0.4, 0.5) is 0 Å². The first-order chi connectivity index (χ1) is 17.3. The zero-order valence-corrected chi connectivity index (χ0v) is 22.3. The Morgan fingerprint density at radius 1 is 1.14 bits per heavy atom. The second kappa shape index (κ2) is 11.2. The van der Waals surface area contributed by atoms with E-state index in [1.54, 1.807) is 0 Å². The summed E-state index contributed by atoms with van der Waals surface area (Å²) in [5, 5.41) is 5.78. The molecule has 0 saturated carbocycles. The summed E-state index contributed by atoms with van der Waals surface area (Å²) in [7, 11) is 0. The highest BCUT2D eigenvalue weighted by Gasteiger charge is 2.41. The number of amides is 1. The number of rotatable bonds is 8. The number of thioether (sulfide) groups is 1. The van der Waals surface area contributed by atoms with E-state index in [4.69, 9.17) is 9.73 Å². The maximum absolute atomic E-state index is 13.6. The zero-order chi connectivity index (χ0) is 25.8. The molecule has 2 heterocycles. The zero-order valence-electron chi connectivity index (χ0n) is 21.5. The van der Waals surface area contributed by atoms with Crippen LogP contribution in [0.3, 0.4) is 0 Å². The fraction of sp³-hybridized carbons (Fsp3) is 0.345. The van der Waals surface area contributed by atoms with Gasteiger partial charge in [-0.15, -0.1) is 0 Å². The Labute approximate surface area is 217 Å². The van der Waals surface area contributed by atoms with Gasteiger partial charge in [-0.25, -0.2) is 9.79 Å². The summed E-state index contributed by atoms with van der Waals surface area (Å²) in [6.45, 7) is 10.2. The average molecular weight is 504 g/mol. The molecule has 0 aliphatic carbocycles. The van der Waals surface area contributed by atoms with Crippen LogP contribution in [0.1, 0.15) is 61.9 Å². The van der Waals surface area contributed by atoms with Gasteiger partial charge in [0.1, 0.15) is 6.61 Å². The predicted octanol–water partition coefficient (Wildman–Crippen LogP) is 5.93. The molecular weight excluding hydrogens is 470 g/mol. The molecule has 2 aliphatic rings. The molecule has 2 aromatic rings. The minimum absolute atomic E-state index is 0.0451. The molecule has 2 aliphatic heterocycles. The van der Waals surface area contributed by atoms with Crippen molar-refractivity contribution >= 4 is 28.8 Å². The van der Waals surface area contributed by atoms with E-state index in [1.165, 1.54) is 11.8 Å². The Hall–Kier alpha value is -3.32. The molecule has 7 heteroatoms. The number of allylic oxidation sites excluding steroid dienone is 1. The van der Waals surface area contributed by atoms with Gasteiger partial charge in [-0.2, -0.15) is 0 Å². The summed E-state index contributed by atoms with van der Waals surface area (Å²) < 4.78 is 5.79. The number of carbonyl (C=O) groups is 2. The van der Waals surface area contributed by atoms with Crippen molar-refractivity contribution in [3.8, 4) is 0 Å². The predicted molar refractivity (Wildman–Crippen MR) is 145 cm³/mol. The van der Waals surface area contributed by atoms with E-state index in [-0.39, 0.29) is 25.0 Å². The van der Waals surface area contributed by atoms with Crippen LogP contribution in [0.5, 0.6) is 0 Å². The van der Waals surface area contributed by atoms with Crippen LogP contribution in [0.15, 0.2) is 75.9 Å². The summed E-state index contributed by atoms with van der Waals surface area (Å²) >= 11 is 1.48. The van der Waals surface area contributed by atoms with Gasteiger partial charge in [0.25, 0.3) is 0 Å². The van der Waals surface area contributed by atoms with Gasteiger partial charge >= 0.3 is 5.97 Å². The first-order valence-corrected chi connectivity index (χ1v) is 13.2. The Balaban J connectivity index is 1.69. The van der Waals surface area contributed by atoms with Gasteiger partial charge < -0.3 is 15.0 Å². The Morgan fingerprint density at radius 2 is 1.89 bits per heavy atom. The van der Waals surface area contributed by atoms with Gasteiger partial charge in [-0.05, 0) is 56.2 Å². The minimum atomic E-state index is -0.431. The largest absolute Gasteiger partial charge is 0.457 e. The lowest BCUT2D eigenvalue weighted by Crippen LogP contribution is -2.39. The number of carbonyl (C=O) groups excluding carboxylic acids is 2. The fourth-order valence-corrected chi connectivity index (χ4v) is 5.41. The molecule has 0 aromatic heterocycles. The third-order valence-corrected chi connectivity index (χ3v) is 7.40. The Kier molecular flexibility index (Phi) is 7.99. The van der Waals surface area contributed by atoms with E-state index in [1.807, 2.05) is 61.4 Å². The molecule has 1 amide bonds. The fourth-order valence-electron chi connectivity index (χ4n) is 4.45. The van der Waals surface area contributed by atoms with E-state index in [0.29, 0.717) is 11.3 Å². The lowest BCUT2D eigenvalue weighted by molar-refractivity contribution is -0.141. The molecule has 4 rings (SSSR count). The molecule has 2 atom stereocenters. The highest BCUT2D eigenvalue weighted by atomic mass is 32.2. The number of esters is 1. The molecular formula is C29H33N3O3S. The van der Waals surface area contributed by atoms with Crippen LogP contribution in [0.2, 0.25) is 0 Å². The van der Waals surface area contributed by atoms with Crippen molar-refractivity contribution in [3.63, 3.8) is 0 Å². The van der Waals surface area contributed by atoms with Crippen molar-refractivity contribution in [3.05, 3.63) is 93.2 Å². The topological polar surface area (TPSA) is 71.0 Å². The van der Waals surface area contributed by atoms with Crippen LogP contribution in [0.25, 0.3) is 0 Å².